The molecular formula is C28H32F3N2O3+. The molecule has 4 fully saturated rings. The summed E-state index contributed by atoms with van der Waals surface area (Å²) >= 11 is 0. The number of rotatable bonds is 3. The molecule has 5 nitrogen and oxygen atoms in total. The first kappa shape index (κ1) is 23.8. The van der Waals surface area contributed by atoms with Crippen LogP contribution in [0.25, 0.3) is 6.08 Å². The molecule has 0 aromatic heterocycles. The number of amides is 1. The lowest BCUT2D eigenvalue weighted by Gasteiger charge is -2.63. The maximum atomic E-state index is 14.1. The third-order valence-electron chi connectivity index (χ3n) is 9.62. The molecule has 36 heavy (non-hydrogen) atoms. The Morgan fingerprint density at radius 2 is 1.97 bits per heavy atom. The van der Waals surface area contributed by atoms with Crippen molar-refractivity contribution in [3.63, 3.8) is 0 Å². The first-order valence-electron chi connectivity index (χ1n) is 12.8. The fourth-order valence-corrected chi connectivity index (χ4v) is 8.14. The summed E-state index contributed by atoms with van der Waals surface area (Å²) in [6.45, 7) is 0.932. The van der Waals surface area contributed by atoms with Crippen molar-refractivity contribution in [2.45, 2.75) is 56.2 Å². The Bertz CT molecular complexity index is 1190. The molecular weight excluding hydrogens is 469 g/mol. The van der Waals surface area contributed by atoms with Crippen molar-refractivity contribution in [3.8, 4) is 0 Å². The van der Waals surface area contributed by atoms with Gasteiger partial charge in [-0.3, -0.25) is 4.79 Å². The number of aliphatic hydroxyl groups excluding tert-OH is 1. The number of hydrogen-bond donors (Lipinski definition) is 2. The zero-order valence-electron chi connectivity index (χ0n) is 20.5. The number of halogens is 3. The molecule has 1 aromatic carbocycles. The van der Waals surface area contributed by atoms with E-state index in [9.17, 15) is 23.1 Å². The van der Waals surface area contributed by atoms with E-state index in [-0.39, 0.29) is 23.2 Å². The lowest BCUT2D eigenvalue weighted by atomic mass is 9.46. The van der Waals surface area contributed by atoms with Crippen molar-refractivity contribution < 1.29 is 32.3 Å². The first-order chi connectivity index (χ1) is 17.0. The molecule has 1 spiro atoms. The summed E-state index contributed by atoms with van der Waals surface area (Å²) in [7, 11) is 4.46. The van der Waals surface area contributed by atoms with Gasteiger partial charge in [0.25, 0.3) is 5.91 Å². The molecule has 2 heterocycles. The van der Waals surface area contributed by atoms with E-state index in [2.05, 4.69) is 19.4 Å². The predicted octanol–water partition coefficient (Wildman–Crippen LogP) is 4.88. The fourth-order valence-electron chi connectivity index (χ4n) is 8.14. The number of carbonyl (C=O) groups is 1. The van der Waals surface area contributed by atoms with E-state index in [0.717, 1.165) is 48.4 Å². The molecule has 2 bridgehead atoms. The topological polar surface area (TPSA) is 58.6 Å². The normalized spacial score (nSPS) is 38.5. The summed E-state index contributed by atoms with van der Waals surface area (Å²) in [6, 6.07) is 8.34. The molecule has 0 radical (unpaired) electrons. The molecule has 1 aromatic rings. The Balaban J connectivity index is 1.43. The van der Waals surface area contributed by atoms with Gasteiger partial charge in [0.15, 0.2) is 5.72 Å². The molecule has 3 aliphatic carbocycles. The van der Waals surface area contributed by atoms with Crippen LogP contribution in [0, 0.1) is 17.3 Å². The number of alkyl halides is 3. The number of ether oxygens (including phenoxy) is 1. The Morgan fingerprint density at radius 1 is 1.22 bits per heavy atom. The smallest absolute Gasteiger partial charge is 0.421 e. The highest BCUT2D eigenvalue weighted by molar-refractivity contribution is 5.99. The molecule has 2 unspecified atom stereocenters. The lowest BCUT2D eigenvalue weighted by molar-refractivity contribution is -0.929. The van der Waals surface area contributed by atoms with Crippen LogP contribution in [0.15, 0.2) is 59.4 Å². The van der Waals surface area contributed by atoms with E-state index < -0.39 is 23.4 Å². The van der Waals surface area contributed by atoms with Gasteiger partial charge in [0.1, 0.15) is 11.3 Å². The maximum Gasteiger partial charge on any atom is 0.421 e. The van der Waals surface area contributed by atoms with Gasteiger partial charge >= 0.3 is 6.18 Å². The zero-order chi connectivity index (χ0) is 25.5. The second kappa shape index (κ2) is 7.71. The standard InChI is InChI=1S/C28H31F3N2O3/c1-33(2)14-13-26-19-9-6-10-23(26)36-27(12-11-22(34)18(24(26)27)16-21(19)33)32-25(35)20(28(29,30)31)15-17-7-4-3-5-8-17/h3-5,7-8,11-12,15,19,21,23-24H,6,9-10,13-14,16H2,1-2H3,(H-,32,34,35)/p+1/t19-,21+,23-,24?,26+,27?/m0/s1. The number of nitrogens with one attached hydrogen (secondary N) is 1. The van der Waals surface area contributed by atoms with Crippen LogP contribution in [0.5, 0.6) is 0 Å². The Morgan fingerprint density at radius 3 is 2.69 bits per heavy atom. The molecule has 5 aliphatic rings. The van der Waals surface area contributed by atoms with Gasteiger partial charge in [-0.2, -0.15) is 13.2 Å². The number of hydrogen-bond acceptors (Lipinski definition) is 3. The molecule has 8 heteroatoms. The highest BCUT2D eigenvalue weighted by Gasteiger charge is 2.75. The van der Waals surface area contributed by atoms with E-state index in [4.69, 9.17) is 4.74 Å². The van der Waals surface area contributed by atoms with Gasteiger partial charge in [0.05, 0.1) is 32.8 Å². The number of likely N-dealkylation sites (tertiary alicyclic amines) is 1. The second-order valence-corrected chi connectivity index (χ2v) is 11.7. The SMILES string of the molecule is C[N+]1(C)CC[C@]23C4C5=C(O)C=CC4(NC(=O)C(=Cc4ccccc4)C(F)(F)F)O[C@H]2CCC[C@H]3[C@H]1C5. The average Bonchev–Trinajstić information content (AvgIpc) is 3.10. The number of aliphatic hydroxyl groups is 1. The fraction of sp³-hybridized carbons (Fsp3) is 0.536. The molecule has 2 aliphatic heterocycles. The van der Waals surface area contributed by atoms with Crippen molar-refractivity contribution in [1.82, 2.24) is 5.32 Å². The van der Waals surface area contributed by atoms with Crippen molar-refractivity contribution in [2.75, 3.05) is 20.6 Å². The van der Waals surface area contributed by atoms with Gasteiger partial charge in [0.2, 0.25) is 0 Å². The Labute approximate surface area is 208 Å². The summed E-state index contributed by atoms with van der Waals surface area (Å²) in [6.07, 6.45) is 3.28. The molecule has 192 valence electrons. The van der Waals surface area contributed by atoms with Crippen LogP contribution < -0.4 is 5.32 Å². The third-order valence-corrected chi connectivity index (χ3v) is 9.62. The number of piperidine rings is 1. The van der Waals surface area contributed by atoms with Crippen LogP contribution in [-0.2, 0) is 9.53 Å². The van der Waals surface area contributed by atoms with Crippen molar-refractivity contribution in [1.29, 1.82) is 0 Å². The zero-order valence-corrected chi connectivity index (χ0v) is 20.5. The molecule has 2 N–H and O–H groups in total. The summed E-state index contributed by atoms with van der Waals surface area (Å²) in [4.78, 5) is 13.4. The van der Waals surface area contributed by atoms with Crippen LogP contribution in [0.3, 0.4) is 0 Å². The first-order valence-corrected chi connectivity index (χ1v) is 12.8. The van der Waals surface area contributed by atoms with Crippen LogP contribution in [0.4, 0.5) is 13.2 Å². The number of quaternary nitrogens is 1. The Kier molecular flexibility index (Phi) is 5.10. The van der Waals surface area contributed by atoms with Crippen molar-refractivity contribution in [2.24, 2.45) is 17.3 Å². The van der Waals surface area contributed by atoms with Gasteiger partial charge in [-0.1, -0.05) is 36.8 Å². The third kappa shape index (κ3) is 3.26. The summed E-state index contributed by atoms with van der Waals surface area (Å²) < 4.78 is 49.8. The number of nitrogens with zero attached hydrogens (tertiary/aromatic N) is 1. The lowest BCUT2D eigenvalue weighted by Crippen LogP contribution is -2.70. The minimum Gasteiger partial charge on any atom is -0.508 e. The van der Waals surface area contributed by atoms with Gasteiger partial charge in [-0.05, 0) is 42.2 Å². The number of allylic oxidation sites excluding steroid dienone is 1. The number of carbonyl (C=O) groups excluding carboxylic acids is 1. The molecule has 6 atom stereocenters. The highest BCUT2D eigenvalue weighted by atomic mass is 19.4. The summed E-state index contributed by atoms with van der Waals surface area (Å²) in [5.41, 5.74) is -1.87. The molecule has 6 rings (SSSR count). The molecule has 2 saturated carbocycles. The predicted molar refractivity (Wildman–Crippen MR) is 128 cm³/mol. The van der Waals surface area contributed by atoms with Gasteiger partial charge in [-0.15, -0.1) is 0 Å². The molecule has 2 saturated heterocycles. The van der Waals surface area contributed by atoms with Crippen molar-refractivity contribution in [3.05, 3.63) is 65.0 Å². The summed E-state index contributed by atoms with van der Waals surface area (Å²) in [5.74, 6) is -1.09. The largest absolute Gasteiger partial charge is 0.508 e. The highest BCUT2D eigenvalue weighted by Crippen LogP contribution is 2.69. The van der Waals surface area contributed by atoms with Gasteiger partial charge in [0, 0.05) is 30.1 Å². The van der Waals surface area contributed by atoms with Crippen LogP contribution in [0.1, 0.15) is 37.7 Å². The second-order valence-electron chi connectivity index (χ2n) is 11.7. The summed E-state index contributed by atoms with van der Waals surface area (Å²) in [5, 5.41) is 13.7. The van der Waals surface area contributed by atoms with E-state index in [1.807, 2.05) is 0 Å². The van der Waals surface area contributed by atoms with E-state index in [1.165, 1.54) is 18.2 Å². The minimum atomic E-state index is -4.84. The monoisotopic (exact) mass is 501 g/mol. The van der Waals surface area contributed by atoms with E-state index >= 15 is 0 Å². The van der Waals surface area contributed by atoms with E-state index in [1.54, 1.807) is 24.3 Å². The van der Waals surface area contributed by atoms with Crippen molar-refractivity contribution >= 4 is 12.0 Å². The van der Waals surface area contributed by atoms with Crippen LogP contribution in [-0.4, -0.2) is 60.2 Å². The van der Waals surface area contributed by atoms with E-state index in [0.29, 0.717) is 23.9 Å². The quantitative estimate of drug-likeness (QED) is 0.459. The van der Waals surface area contributed by atoms with Crippen LogP contribution in [0.2, 0.25) is 0 Å². The van der Waals surface area contributed by atoms with Crippen LogP contribution >= 0.6 is 0 Å². The maximum absolute atomic E-state index is 14.1. The minimum absolute atomic E-state index is 0.167. The Hall–Kier alpha value is -2.58. The average molecular weight is 502 g/mol. The molecule has 1 amide bonds. The number of benzene rings is 1. The van der Waals surface area contributed by atoms with Gasteiger partial charge in [-0.25, -0.2) is 0 Å². The van der Waals surface area contributed by atoms with Gasteiger partial charge < -0.3 is 19.6 Å².